The summed E-state index contributed by atoms with van der Waals surface area (Å²) in [5.41, 5.74) is 3.39. The molecule has 6 heteroatoms. The van der Waals surface area contributed by atoms with E-state index >= 15 is 0 Å². The van der Waals surface area contributed by atoms with Crippen LogP contribution in [-0.2, 0) is 40.3 Å². The minimum absolute atomic E-state index is 0.0885. The number of carbonyl (C=O) groups is 1. The fourth-order valence-electron chi connectivity index (χ4n) is 2.58. The van der Waals surface area contributed by atoms with Crippen molar-refractivity contribution in [2.24, 2.45) is 5.92 Å². The van der Waals surface area contributed by atoms with E-state index < -0.39 is 0 Å². The monoisotopic (exact) mass is 309 g/mol. The van der Waals surface area contributed by atoms with Crippen LogP contribution in [0.2, 0.25) is 0 Å². The number of aromatic nitrogens is 2. The van der Waals surface area contributed by atoms with Gasteiger partial charge in [-0.3, -0.25) is 9.48 Å². The van der Waals surface area contributed by atoms with Crippen LogP contribution in [0.1, 0.15) is 37.2 Å². The lowest BCUT2D eigenvalue weighted by molar-refractivity contribution is -0.121. The number of nitrogens with zero attached hydrogens (tertiary/aromatic N) is 2. The van der Waals surface area contributed by atoms with Gasteiger partial charge in [-0.2, -0.15) is 5.10 Å². The number of hydrogen-bond donors (Lipinski definition) is 1. The van der Waals surface area contributed by atoms with Crippen molar-refractivity contribution in [2.45, 2.75) is 46.3 Å². The zero-order valence-corrected chi connectivity index (χ0v) is 13.9. The topological polar surface area (TPSA) is 65.4 Å². The Hall–Kier alpha value is -1.40. The fraction of sp³-hybridized carbons (Fsp3) is 0.750. The zero-order valence-electron chi connectivity index (χ0n) is 13.9. The first kappa shape index (κ1) is 17.0. The Morgan fingerprint density at radius 2 is 2.32 bits per heavy atom. The van der Waals surface area contributed by atoms with Crippen LogP contribution in [0, 0.1) is 5.92 Å². The van der Waals surface area contributed by atoms with Crippen LogP contribution in [0.5, 0.6) is 0 Å². The lowest BCUT2D eigenvalue weighted by Gasteiger charge is -2.15. The number of methoxy groups -OCH3 is 1. The molecule has 1 aliphatic heterocycles. The summed E-state index contributed by atoms with van der Waals surface area (Å²) in [7, 11) is 1.69. The molecule has 1 aromatic heterocycles. The molecule has 22 heavy (non-hydrogen) atoms. The summed E-state index contributed by atoms with van der Waals surface area (Å²) in [4.78, 5) is 11.9. The molecule has 2 rings (SSSR count). The second-order valence-electron chi connectivity index (χ2n) is 6.09. The number of hydrogen-bond acceptors (Lipinski definition) is 4. The van der Waals surface area contributed by atoms with E-state index in [9.17, 15) is 4.79 Å². The van der Waals surface area contributed by atoms with E-state index in [1.807, 2.05) is 4.68 Å². The van der Waals surface area contributed by atoms with Crippen molar-refractivity contribution in [1.29, 1.82) is 0 Å². The molecule has 0 saturated heterocycles. The smallest absolute Gasteiger partial charge is 0.220 e. The molecule has 1 aliphatic rings. The number of aryl methyl sites for hydroxylation is 1. The predicted molar refractivity (Wildman–Crippen MR) is 83.6 cm³/mol. The van der Waals surface area contributed by atoms with Crippen LogP contribution in [0.25, 0.3) is 0 Å². The van der Waals surface area contributed by atoms with Crippen molar-refractivity contribution in [2.75, 3.05) is 26.9 Å². The first-order chi connectivity index (χ1) is 10.6. The molecule has 124 valence electrons. The summed E-state index contributed by atoms with van der Waals surface area (Å²) in [6.07, 6.45) is 2.02. The number of rotatable bonds is 8. The van der Waals surface area contributed by atoms with Gasteiger partial charge in [-0.15, -0.1) is 0 Å². The van der Waals surface area contributed by atoms with Gasteiger partial charge in [-0.25, -0.2) is 0 Å². The highest BCUT2D eigenvalue weighted by molar-refractivity contribution is 5.76. The highest BCUT2D eigenvalue weighted by atomic mass is 16.5. The minimum atomic E-state index is 0.0885. The Morgan fingerprint density at radius 1 is 1.50 bits per heavy atom. The fourth-order valence-corrected chi connectivity index (χ4v) is 2.58. The second-order valence-corrected chi connectivity index (χ2v) is 6.09. The molecule has 0 radical (unpaired) electrons. The maximum absolute atomic E-state index is 11.9. The molecule has 1 amide bonds. The minimum Gasteiger partial charge on any atom is -0.383 e. The first-order valence-corrected chi connectivity index (χ1v) is 8.02. The summed E-state index contributed by atoms with van der Waals surface area (Å²) in [5, 5.41) is 7.62. The van der Waals surface area contributed by atoms with E-state index in [4.69, 9.17) is 9.47 Å². The second kappa shape index (κ2) is 8.29. The van der Waals surface area contributed by atoms with Crippen LogP contribution in [0.3, 0.4) is 0 Å². The molecule has 1 aromatic rings. The van der Waals surface area contributed by atoms with E-state index in [0.717, 1.165) is 31.8 Å². The van der Waals surface area contributed by atoms with E-state index in [2.05, 4.69) is 24.3 Å². The van der Waals surface area contributed by atoms with Crippen molar-refractivity contribution in [3.05, 3.63) is 17.0 Å². The van der Waals surface area contributed by atoms with E-state index in [0.29, 0.717) is 32.0 Å². The Kier molecular flexibility index (Phi) is 6.39. The number of nitrogens with one attached hydrogen (secondary N) is 1. The summed E-state index contributed by atoms with van der Waals surface area (Å²) in [5.74, 6) is 0.559. The Balaban J connectivity index is 1.98. The van der Waals surface area contributed by atoms with Gasteiger partial charge in [0.2, 0.25) is 5.91 Å². The van der Waals surface area contributed by atoms with Gasteiger partial charge in [0.15, 0.2) is 0 Å². The van der Waals surface area contributed by atoms with Crippen LogP contribution in [-0.4, -0.2) is 42.6 Å². The number of carbonyl (C=O) groups excluding carboxylic acids is 1. The SMILES string of the molecule is COCCn1nc(CCC(=O)NCC(C)C)c2c1CCOC2. The maximum atomic E-state index is 11.9. The molecule has 0 aromatic carbocycles. The first-order valence-electron chi connectivity index (χ1n) is 8.02. The molecular formula is C16H27N3O3. The number of fused-ring (bicyclic) bond motifs is 1. The molecule has 0 bridgehead atoms. The van der Waals surface area contributed by atoms with Gasteiger partial charge in [0, 0.05) is 44.2 Å². The Bertz CT molecular complexity index is 497. The van der Waals surface area contributed by atoms with E-state index in [1.54, 1.807) is 7.11 Å². The van der Waals surface area contributed by atoms with Gasteiger partial charge in [-0.05, 0) is 5.92 Å². The predicted octanol–water partition coefficient (Wildman–Crippen LogP) is 1.31. The molecule has 0 fully saturated rings. The van der Waals surface area contributed by atoms with Crippen molar-refractivity contribution in [1.82, 2.24) is 15.1 Å². The van der Waals surface area contributed by atoms with Gasteiger partial charge < -0.3 is 14.8 Å². The largest absolute Gasteiger partial charge is 0.383 e. The molecule has 2 heterocycles. The quantitative estimate of drug-likeness (QED) is 0.786. The van der Waals surface area contributed by atoms with Gasteiger partial charge in [-0.1, -0.05) is 13.8 Å². The van der Waals surface area contributed by atoms with Gasteiger partial charge in [0.1, 0.15) is 0 Å². The summed E-state index contributed by atoms with van der Waals surface area (Å²) < 4.78 is 12.7. The maximum Gasteiger partial charge on any atom is 0.220 e. The molecule has 0 spiro atoms. The highest BCUT2D eigenvalue weighted by Gasteiger charge is 2.21. The van der Waals surface area contributed by atoms with Crippen LogP contribution in [0.4, 0.5) is 0 Å². The average molecular weight is 309 g/mol. The lowest BCUT2D eigenvalue weighted by Crippen LogP contribution is -2.27. The third kappa shape index (κ3) is 4.55. The molecule has 0 saturated carbocycles. The standard InChI is InChI=1S/C16H27N3O3/c1-12(2)10-17-16(20)5-4-14-13-11-22-8-6-15(13)19(18-14)7-9-21-3/h12H,4-11H2,1-3H3,(H,17,20). The van der Waals surface area contributed by atoms with Gasteiger partial charge in [0.25, 0.3) is 0 Å². The van der Waals surface area contributed by atoms with E-state index in [1.165, 1.54) is 11.3 Å². The van der Waals surface area contributed by atoms with Crippen LogP contribution in [0.15, 0.2) is 0 Å². The highest BCUT2D eigenvalue weighted by Crippen LogP contribution is 2.22. The third-order valence-corrected chi connectivity index (χ3v) is 3.78. The van der Waals surface area contributed by atoms with Crippen molar-refractivity contribution in [3.8, 4) is 0 Å². The molecule has 0 aliphatic carbocycles. The zero-order chi connectivity index (χ0) is 15.9. The number of ether oxygens (including phenoxy) is 2. The molecular weight excluding hydrogens is 282 g/mol. The average Bonchev–Trinajstić information content (AvgIpc) is 2.87. The normalized spacial score (nSPS) is 14.2. The van der Waals surface area contributed by atoms with Crippen molar-refractivity contribution >= 4 is 5.91 Å². The summed E-state index contributed by atoms with van der Waals surface area (Å²) in [6.45, 7) is 7.63. The van der Waals surface area contributed by atoms with E-state index in [-0.39, 0.29) is 5.91 Å². The number of amides is 1. The Labute approximate surface area is 132 Å². The van der Waals surface area contributed by atoms with Crippen LogP contribution >= 0.6 is 0 Å². The molecule has 6 nitrogen and oxygen atoms in total. The van der Waals surface area contributed by atoms with Gasteiger partial charge in [0.05, 0.1) is 32.1 Å². The Morgan fingerprint density at radius 3 is 3.05 bits per heavy atom. The van der Waals surface area contributed by atoms with Crippen molar-refractivity contribution in [3.63, 3.8) is 0 Å². The third-order valence-electron chi connectivity index (χ3n) is 3.78. The van der Waals surface area contributed by atoms with Crippen LogP contribution < -0.4 is 5.32 Å². The van der Waals surface area contributed by atoms with Crippen molar-refractivity contribution < 1.29 is 14.3 Å². The molecule has 1 N–H and O–H groups in total. The molecule has 0 atom stereocenters. The summed E-state index contributed by atoms with van der Waals surface area (Å²) in [6, 6.07) is 0. The summed E-state index contributed by atoms with van der Waals surface area (Å²) >= 11 is 0. The van der Waals surface area contributed by atoms with Gasteiger partial charge >= 0.3 is 0 Å². The molecule has 0 unspecified atom stereocenters. The lowest BCUT2D eigenvalue weighted by atomic mass is 10.1.